The third-order valence-electron chi connectivity index (χ3n) is 2.12. The van der Waals surface area contributed by atoms with Crippen molar-refractivity contribution in [3.8, 4) is 5.75 Å². The number of ether oxygens (including phenoxy) is 1. The zero-order valence-electron chi connectivity index (χ0n) is 9.69. The predicted octanol–water partition coefficient (Wildman–Crippen LogP) is 2.14. The highest BCUT2D eigenvalue weighted by atomic mass is 35.5. The molecule has 19 heavy (non-hydrogen) atoms. The van der Waals surface area contributed by atoms with Crippen molar-refractivity contribution in [3.63, 3.8) is 0 Å². The summed E-state index contributed by atoms with van der Waals surface area (Å²) in [6.07, 6.45) is 0. The molecule has 0 aromatic heterocycles. The first-order chi connectivity index (χ1) is 8.81. The Morgan fingerprint density at radius 2 is 2.05 bits per heavy atom. The Labute approximate surface area is 112 Å². The first-order valence-electron chi connectivity index (χ1n) is 5.09. The van der Waals surface area contributed by atoms with Crippen molar-refractivity contribution in [3.05, 3.63) is 28.8 Å². The Balaban J connectivity index is 3.00. The third kappa shape index (κ3) is 4.36. The van der Waals surface area contributed by atoms with E-state index < -0.39 is 24.5 Å². The quantitative estimate of drug-likeness (QED) is 0.872. The first-order valence-corrected chi connectivity index (χ1v) is 5.47. The monoisotopic (exact) mass is 293 g/mol. The van der Waals surface area contributed by atoms with E-state index in [0.717, 1.165) is 12.1 Å². The standard InChI is InChI=1S/C11H10ClF2NO4/c1-5(10(17)18)15-9(16)7-4-6(12)2-3-8(7)19-11(13)14/h2-5,11H,1H3,(H,15,16)(H,17,18)/t5-/m0/s1. The van der Waals surface area contributed by atoms with Crippen LogP contribution in [0, 0.1) is 0 Å². The summed E-state index contributed by atoms with van der Waals surface area (Å²) in [6.45, 7) is -1.87. The molecule has 0 unspecified atom stereocenters. The van der Waals surface area contributed by atoms with Crippen LogP contribution in [0.4, 0.5) is 8.78 Å². The van der Waals surface area contributed by atoms with Crippen molar-refractivity contribution < 1.29 is 28.2 Å². The molecule has 2 N–H and O–H groups in total. The van der Waals surface area contributed by atoms with Gasteiger partial charge in [0.25, 0.3) is 5.91 Å². The SMILES string of the molecule is C[C@H](NC(=O)c1cc(Cl)ccc1OC(F)F)C(=O)O. The highest BCUT2D eigenvalue weighted by molar-refractivity contribution is 6.31. The minimum Gasteiger partial charge on any atom is -0.480 e. The van der Waals surface area contributed by atoms with Gasteiger partial charge >= 0.3 is 12.6 Å². The molecule has 0 aliphatic carbocycles. The number of benzene rings is 1. The molecule has 104 valence electrons. The lowest BCUT2D eigenvalue weighted by molar-refractivity contribution is -0.138. The molecule has 8 heteroatoms. The number of aliphatic carboxylic acids is 1. The van der Waals surface area contributed by atoms with Crippen LogP contribution in [-0.2, 0) is 4.79 Å². The van der Waals surface area contributed by atoms with E-state index in [1.165, 1.54) is 13.0 Å². The van der Waals surface area contributed by atoms with Crippen molar-refractivity contribution in [2.24, 2.45) is 0 Å². The van der Waals surface area contributed by atoms with Crippen molar-refractivity contribution >= 4 is 23.5 Å². The second-order valence-corrected chi connectivity index (χ2v) is 3.99. The number of amides is 1. The van der Waals surface area contributed by atoms with Crippen LogP contribution >= 0.6 is 11.6 Å². The Hall–Kier alpha value is -1.89. The molecule has 0 fully saturated rings. The number of halogens is 3. The number of carboxylic acid groups (broad SMARTS) is 1. The normalized spacial score (nSPS) is 12.1. The van der Waals surface area contributed by atoms with E-state index in [1.54, 1.807) is 0 Å². The van der Waals surface area contributed by atoms with Crippen LogP contribution in [0.2, 0.25) is 5.02 Å². The Bertz CT molecular complexity index is 496. The van der Waals surface area contributed by atoms with E-state index in [1.807, 2.05) is 0 Å². The molecule has 5 nitrogen and oxygen atoms in total. The molecular formula is C11H10ClF2NO4. The summed E-state index contributed by atoms with van der Waals surface area (Å²) in [6, 6.07) is 2.32. The maximum atomic E-state index is 12.2. The first kappa shape index (κ1) is 15.2. The Kier molecular flexibility index (Phi) is 5.05. The van der Waals surface area contributed by atoms with Crippen LogP contribution in [0.15, 0.2) is 18.2 Å². The fourth-order valence-corrected chi connectivity index (χ4v) is 1.39. The molecule has 1 atom stereocenters. The molecule has 1 aromatic carbocycles. The molecule has 0 heterocycles. The van der Waals surface area contributed by atoms with Gasteiger partial charge in [-0.3, -0.25) is 9.59 Å². The van der Waals surface area contributed by atoms with Gasteiger partial charge in [0.1, 0.15) is 11.8 Å². The Morgan fingerprint density at radius 1 is 1.42 bits per heavy atom. The van der Waals surface area contributed by atoms with Crippen LogP contribution in [0.3, 0.4) is 0 Å². The summed E-state index contributed by atoms with van der Waals surface area (Å²) in [5, 5.41) is 10.9. The zero-order chi connectivity index (χ0) is 14.6. The number of rotatable bonds is 5. The number of hydrogen-bond acceptors (Lipinski definition) is 3. The van der Waals surface area contributed by atoms with Gasteiger partial charge in [0.05, 0.1) is 5.56 Å². The van der Waals surface area contributed by atoms with Gasteiger partial charge in [0.15, 0.2) is 0 Å². The van der Waals surface area contributed by atoms with Crippen LogP contribution in [-0.4, -0.2) is 29.6 Å². The van der Waals surface area contributed by atoms with E-state index in [4.69, 9.17) is 16.7 Å². The number of nitrogens with one attached hydrogen (secondary N) is 1. The summed E-state index contributed by atoms with van der Waals surface area (Å²) >= 11 is 5.66. The molecular weight excluding hydrogens is 284 g/mol. The zero-order valence-corrected chi connectivity index (χ0v) is 10.4. The molecule has 1 aromatic rings. The average molecular weight is 294 g/mol. The second-order valence-electron chi connectivity index (χ2n) is 3.55. The molecule has 1 amide bonds. The van der Waals surface area contributed by atoms with E-state index >= 15 is 0 Å². The van der Waals surface area contributed by atoms with E-state index in [9.17, 15) is 18.4 Å². The smallest absolute Gasteiger partial charge is 0.387 e. The van der Waals surface area contributed by atoms with Crippen LogP contribution < -0.4 is 10.1 Å². The van der Waals surface area contributed by atoms with Gasteiger partial charge in [-0.05, 0) is 25.1 Å². The highest BCUT2D eigenvalue weighted by Gasteiger charge is 2.20. The molecule has 1 rings (SSSR count). The van der Waals surface area contributed by atoms with Crippen LogP contribution in [0.1, 0.15) is 17.3 Å². The summed E-state index contributed by atoms with van der Waals surface area (Å²) in [7, 11) is 0. The van der Waals surface area contributed by atoms with Crippen molar-refractivity contribution in [2.45, 2.75) is 19.6 Å². The van der Waals surface area contributed by atoms with Gasteiger partial charge < -0.3 is 15.2 Å². The summed E-state index contributed by atoms with van der Waals surface area (Å²) in [5.41, 5.74) is -0.263. The minimum atomic E-state index is -3.11. The lowest BCUT2D eigenvalue weighted by Gasteiger charge is -2.13. The van der Waals surface area contributed by atoms with Gasteiger partial charge in [-0.2, -0.15) is 8.78 Å². The van der Waals surface area contributed by atoms with E-state index in [2.05, 4.69) is 10.1 Å². The molecule has 0 aliphatic rings. The highest BCUT2D eigenvalue weighted by Crippen LogP contribution is 2.24. The van der Waals surface area contributed by atoms with Crippen molar-refractivity contribution in [2.75, 3.05) is 0 Å². The van der Waals surface area contributed by atoms with Gasteiger partial charge in [-0.15, -0.1) is 0 Å². The summed E-state index contributed by atoms with van der Waals surface area (Å²) < 4.78 is 28.5. The van der Waals surface area contributed by atoms with Gasteiger partial charge in [0.2, 0.25) is 0 Å². The average Bonchev–Trinajstić information content (AvgIpc) is 2.30. The minimum absolute atomic E-state index is 0.134. The number of alkyl halides is 2. The lowest BCUT2D eigenvalue weighted by Crippen LogP contribution is -2.38. The van der Waals surface area contributed by atoms with Gasteiger partial charge in [0, 0.05) is 5.02 Å². The van der Waals surface area contributed by atoms with Crippen LogP contribution in [0.25, 0.3) is 0 Å². The summed E-state index contributed by atoms with van der Waals surface area (Å²) in [5.74, 6) is -2.51. The number of hydrogen-bond donors (Lipinski definition) is 2. The fourth-order valence-electron chi connectivity index (χ4n) is 1.21. The molecule has 0 spiro atoms. The predicted molar refractivity (Wildman–Crippen MR) is 62.6 cm³/mol. The topological polar surface area (TPSA) is 75.6 Å². The second kappa shape index (κ2) is 6.33. The number of carbonyl (C=O) groups excluding carboxylic acids is 1. The fraction of sp³-hybridized carbons (Fsp3) is 0.273. The summed E-state index contributed by atoms with van der Waals surface area (Å²) in [4.78, 5) is 22.4. The molecule has 0 aliphatic heterocycles. The molecule has 0 radical (unpaired) electrons. The molecule has 0 saturated heterocycles. The number of carbonyl (C=O) groups is 2. The largest absolute Gasteiger partial charge is 0.480 e. The maximum Gasteiger partial charge on any atom is 0.387 e. The third-order valence-corrected chi connectivity index (χ3v) is 2.36. The van der Waals surface area contributed by atoms with Crippen molar-refractivity contribution in [1.29, 1.82) is 0 Å². The van der Waals surface area contributed by atoms with Gasteiger partial charge in [-0.1, -0.05) is 11.6 Å². The van der Waals surface area contributed by atoms with Gasteiger partial charge in [-0.25, -0.2) is 0 Å². The van der Waals surface area contributed by atoms with Crippen LogP contribution in [0.5, 0.6) is 5.75 Å². The van der Waals surface area contributed by atoms with E-state index in [0.29, 0.717) is 0 Å². The van der Waals surface area contributed by atoms with E-state index in [-0.39, 0.29) is 16.3 Å². The number of carboxylic acids is 1. The van der Waals surface area contributed by atoms with Crippen molar-refractivity contribution in [1.82, 2.24) is 5.32 Å². The molecule has 0 bridgehead atoms. The Morgan fingerprint density at radius 3 is 2.58 bits per heavy atom. The maximum absolute atomic E-state index is 12.2. The molecule has 0 saturated carbocycles. The lowest BCUT2D eigenvalue weighted by atomic mass is 10.1.